The molecule has 1 aliphatic rings. The fraction of sp³-hybridized carbons (Fsp3) is 0.186. The van der Waals surface area contributed by atoms with Crippen LogP contribution < -0.4 is 9.58 Å². The van der Waals surface area contributed by atoms with Crippen molar-refractivity contribution in [2.24, 2.45) is 0 Å². The second-order valence-electron chi connectivity index (χ2n) is 19.5. The maximum absolute atomic E-state index is 6.81. The van der Waals surface area contributed by atoms with Crippen molar-refractivity contribution in [3.05, 3.63) is 187 Å². The fourth-order valence-corrected chi connectivity index (χ4v) is 37.3. The van der Waals surface area contributed by atoms with Crippen LogP contribution in [0.15, 0.2) is 168 Å². The summed E-state index contributed by atoms with van der Waals surface area (Å²) in [4.78, 5) is 11.1. The summed E-state index contributed by atoms with van der Waals surface area (Å²) < 4.78 is 10.9. The quantitative estimate of drug-likeness (QED) is 0.118. The Morgan fingerprint density at radius 3 is 2.06 bits per heavy atom. The van der Waals surface area contributed by atoms with E-state index >= 15 is 0 Å². The number of hydrogen-bond donors (Lipinski definition) is 0. The number of aromatic nitrogens is 3. The zero-order valence-corrected chi connectivity index (χ0v) is 44.5. The first-order valence-electron chi connectivity index (χ1n) is 23.0. The minimum Gasteiger partial charge on any atom is -0.305 e. The molecule has 0 fully saturated rings. The standard InChI is InChI=1S/C48H47GeN2OSi.C11H8N.Ir/c1-30(2)39-25-35(33-22-24-45-41(27-33)49(5,6)29-53(45,7)8)26-40(31(3)4)46(39)51-43-20-13-12-19-42(43)50-48(51)38-18-14-17-37-36-23-21-34(28-44(36)52-47(37)38)32-15-10-9-11-16-32;1-2-6-10(7-3-1)11-8-4-5-9-12-11;/h9-17,19-28,30-31H,29H2,1-8H3;1-6,8-9H;/q2*-1;. The summed E-state index contributed by atoms with van der Waals surface area (Å²) in [5, 5.41) is 3.88. The molecule has 7 aromatic carbocycles. The van der Waals surface area contributed by atoms with Gasteiger partial charge in [0.15, 0.2) is 0 Å². The monoisotopic (exact) mass is 1120 g/mol. The van der Waals surface area contributed by atoms with Crippen molar-refractivity contribution in [1.29, 1.82) is 0 Å². The van der Waals surface area contributed by atoms with E-state index in [9.17, 15) is 0 Å². The molecule has 0 N–H and O–H groups in total. The van der Waals surface area contributed by atoms with Gasteiger partial charge in [0.05, 0.1) is 0 Å². The number of rotatable bonds is 7. The number of para-hydroxylation sites is 2. The van der Waals surface area contributed by atoms with Crippen molar-refractivity contribution in [2.75, 3.05) is 0 Å². The molecule has 0 saturated heterocycles. The van der Waals surface area contributed by atoms with Crippen molar-refractivity contribution < 1.29 is 24.5 Å². The molecule has 0 amide bonds. The van der Waals surface area contributed by atoms with Crippen molar-refractivity contribution >= 4 is 63.9 Å². The number of nitrogens with zero attached hydrogens (tertiary/aromatic N) is 3. The van der Waals surface area contributed by atoms with Crippen LogP contribution in [0.25, 0.3) is 83.6 Å². The van der Waals surface area contributed by atoms with Crippen LogP contribution in [0.2, 0.25) is 29.5 Å². The van der Waals surface area contributed by atoms with Gasteiger partial charge in [0.1, 0.15) is 5.58 Å². The van der Waals surface area contributed by atoms with Crippen molar-refractivity contribution in [3.8, 4) is 50.6 Å². The van der Waals surface area contributed by atoms with E-state index in [4.69, 9.17) is 9.40 Å². The predicted octanol–water partition coefficient (Wildman–Crippen LogP) is 14.9. The van der Waals surface area contributed by atoms with Crippen LogP contribution in [0.5, 0.6) is 0 Å². The zero-order valence-electron chi connectivity index (χ0n) is 39.0. The maximum atomic E-state index is 6.81. The average molecular weight is 1120 g/mol. The Kier molecular flexibility index (Phi) is 12.6. The van der Waals surface area contributed by atoms with E-state index in [1.165, 1.54) is 38.4 Å². The molecule has 4 nitrogen and oxygen atoms in total. The van der Waals surface area contributed by atoms with Gasteiger partial charge in [0.2, 0.25) is 0 Å². The number of furan rings is 1. The van der Waals surface area contributed by atoms with E-state index in [1.54, 1.807) is 15.8 Å². The number of fused-ring (bicyclic) bond motifs is 5. The normalized spacial score (nSPS) is 13.8. The molecule has 10 aromatic rings. The molecule has 7 heteroatoms. The number of hydrogen-bond acceptors (Lipinski definition) is 3. The number of pyridine rings is 1. The molecule has 0 unspecified atom stereocenters. The fourth-order valence-electron chi connectivity index (χ4n) is 10.4. The van der Waals surface area contributed by atoms with Gasteiger partial charge in [-0.25, -0.2) is 0 Å². The minimum atomic E-state index is -2.07. The molecule has 66 heavy (non-hydrogen) atoms. The third-order valence-corrected chi connectivity index (χ3v) is 32.5. The molecule has 11 rings (SSSR count). The smallest absolute Gasteiger partial charge is 0.0160 e. The Labute approximate surface area is 406 Å². The van der Waals surface area contributed by atoms with Gasteiger partial charge in [-0.05, 0) is 29.0 Å². The zero-order chi connectivity index (χ0) is 45.0. The van der Waals surface area contributed by atoms with Gasteiger partial charge in [0.25, 0.3) is 0 Å². The van der Waals surface area contributed by atoms with E-state index in [-0.39, 0.29) is 31.9 Å². The summed E-state index contributed by atoms with van der Waals surface area (Å²) in [7, 11) is -1.37. The van der Waals surface area contributed by atoms with Crippen LogP contribution >= 0.6 is 0 Å². The van der Waals surface area contributed by atoms with Gasteiger partial charge in [-0.3, -0.25) is 0 Å². The van der Waals surface area contributed by atoms with Gasteiger partial charge in [-0.1, -0.05) is 54.6 Å². The van der Waals surface area contributed by atoms with E-state index < -0.39 is 21.3 Å². The van der Waals surface area contributed by atoms with Crippen LogP contribution in [-0.4, -0.2) is 35.9 Å². The molecule has 0 aliphatic carbocycles. The van der Waals surface area contributed by atoms with Crippen molar-refractivity contribution in [2.45, 2.75) is 69.0 Å². The molecular weight excluding hydrogens is 1060 g/mol. The number of benzene rings is 7. The van der Waals surface area contributed by atoms with Crippen LogP contribution in [0.1, 0.15) is 50.7 Å². The molecule has 1 radical (unpaired) electrons. The summed E-state index contributed by atoms with van der Waals surface area (Å²) in [6, 6.07) is 62.6. The SMILES string of the molecule is CC(C)c1cc(-c2ccc3[c](c2)[Ge]([CH3])([CH3])[CH2][Si]3(C)C)cc(C(C)C)c1-n1c(-c2[c-]ccc3c2oc2cc(-c4ccccc4)ccc23)nc2ccccc21.[Ir].[c-]1ccccc1-c1ccccn1. The molecule has 3 aromatic heterocycles. The Morgan fingerprint density at radius 1 is 0.652 bits per heavy atom. The first-order chi connectivity index (χ1) is 31.4. The Hall–Kier alpha value is -5.63. The molecule has 0 bridgehead atoms. The van der Waals surface area contributed by atoms with E-state index in [0.29, 0.717) is 0 Å². The molecule has 4 heterocycles. The molecule has 1 aliphatic heterocycles. The van der Waals surface area contributed by atoms with Crippen molar-refractivity contribution in [3.63, 3.8) is 0 Å². The third-order valence-electron chi connectivity index (χ3n) is 13.3. The van der Waals surface area contributed by atoms with E-state index in [2.05, 4.69) is 183 Å². The average Bonchev–Trinajstić information content (AvgIpc) is 3.95. The molecule has 0 saturated carbocycles. The Balaban J connectivity index is 0.000000365. The Bertz CT molecular complexity index is 3290. The summed E-state index contributed by atoms with van der Waals surface area (Å²) >= 11 is -2.07. The number of imidazole rings is 1. The summed E-state index contributed by atoms with van der Waals surface area (Å²) in [5.41, 5.74) is 15.5. The van der Waals surface area contributed by atoms with Crippen LogP contribution in [0.3, 0.4) is 0 Å². The summed E-state index contributed by atoms with van der Waals surface area (Å²) in [5.74, 6) is 6.68. The third kappa shape index (κ3) is 8.38. The predicted molar refractivity (Wildman–Crippen MR) is 279 cm³/mol. The van der Waals surface area contributed by atoms with E-state index in [1.807, 2.05) is 48.5 Å². The molecular formula is C59H55GeIrN3OSi-2. The summed E-state index contributed by atoms with van der Waals surface area (Å²) in [6.07, 6.45) is 1.79. The minimum absolute atomic E-state index is 0. The first kappa shape index (κ1) is 45.5. The summed E-state index contributed by atoms with van der Waals surface area (Å²) in [6.45, 7) is 14.5. The molecule has 0 atom stereocenters. The van der Waals surface area contributed by atoms with E-state index in [0.717, 1.165) is 61.2 Å². The van der Waals surface area contributed by atoms with Crippen LogP contribution in [-0.2, 0) is 20.1 Å². The van der Waals surface area contributed by atoms with Gasteiger partial charge in [0, 0.05) is 31.7 Å². The largest absolute Gasteiger partial charge is 0.305 e. The van der Waals surface area contributed by atoms with Gasteiger partial charge in [-0.15, -0.1) is 42.0 Å². The van der Waals surface area contributed by atoms with Crippen molar-refractivity contribution in [1.82, 2.24) is 14.5 Å². The second kappa shape index (κ2) is 18.2. The Morgan fingerprint density at radius 2 is 1.35 bits per heavy atom. The molecule has 0 spiro atoms. The van der Waals surface area contributed by atoms with Gasteiger partial charge < -0.3 is 4.98 Å². The van der Waals surface area contributed by atoms with Crippen LogP contribution in [0.4, 0.5) is 0 Å². The van der Waals surface area contributed by atoms with Gasteiger partial charge in [-0.2, -0.15) is 0 Å². The molecule has 331 valence electrons. The maximum Gasteiger partial charge on any atom is 0.0160 e. The van der Waals surface area contributed by atoms with Gasteiger partial charge >= 0.3 is 242 Å². The topological polar surface area (TPSA) is 43.9 Å². The van der Waals surface area contributed by atoms with Crippen LogP contribution in [0, 0.1) is 12.1 Å². The first-order valence-corrected chi connectivity index (χ1v) is 32.9. The second-order valence-corrected chi connectivity index (χ2v) is 35.5.